The Hall–Kier alpha value is -2.75. The van der Waals surface area contributed by atoms with Crippen molar-refractivity contribution in [2.24, 2.45) is 5.92 Å². The maximum atomic E-state index is 13.1. The van der Waals surface area contributed by atoms with E-state index >= 15 is 0 Å². The topological polar surface area (TPSA) is 79.6 Å². The molecule has 0 saturated carbocycles. The Balaban J connectivity index is 1.29. The molecule has 0 unspecified atom stereocenters. The molecule has 4 aromatic rings. The molecule has 0 amide bonds. The van der Waals surface area contributed by atoms with Gasteiger partial charge < -0.3 is 5.32 Å². The van der Waals surface area contributed by atoms with Gasteiger partial charge in [-0.2, -0.15) is 13.9 Å². The Morgan fingerprint density at radius 1 is 1.08 bits per heavy atom. The smallest absolute Gasteiger partial charge is 0.243 e. The highest BCUT2D eigenvalue weighted by Gasteiger charge is 2.29. The van der Waals surface area contributed by atoms with Crippen LogP contribution in [0.1, 0.15) is 30.9 Å². The Morgan fingerprint density at radius 2 is 1.81 bits per heavy atom. The molecule has 2 aromatic carbocycles. The number of nitrogens with one attached hydrogen (secondary N) is 1. The molecule has 0 aliphatic carbocycles. The van der Waals surface area contributed by atoms with Crippen LogP contribution in [0.15, 0.2) is 70.2 Å². The minimum Gasteiger partial charge on any atom is -0.370 e. The van der Waals surface area contributed by atoms with Gasteiger partial charge in [-0.3, -0.25) is 0 Å². The highest BCUT2D eigenvalue weighted by Crippen LogP contribution is 2.29. The van der Waals surface area contributed by atoms with E-state index in [1.807, 2.05) is 34.8 Å². The molecule has 1 N–H and O–H groups in total. The first kappa shape index (κ1) is 24.9. The van der Waals surface area contributed by atoms with Crippen LogP contribution < -0.4 is 5.32 Å². The number of piperidine rings is 1. The largest absolute Gasteiger partial charge is 0.370 e. The molecule has 1 aliphatic heterocycles. The number of anilines is 1. The molecule has 3 heterocycles. The Labute approximate surface area is 220 Å². The van der Waals surface area contributed by atoms with Crippen molar-refractivity contribution in [1.82, 2.24) is 18.9 Å². The first-order valence-electron chi connectivity index (χ1n) is 12.3. The molecular formula is C27H30BrN5O2S. The maximum Gasteiger partial charge on any atom is 0.243 e. The van der Waals surface area contributed by atoms with Gasteiger partial charge in [0, 0.05) is 31.3 Å². The second-order valence-electron chi connectivity index (χ2n) is 9.30. The summed E-state index contributed by atoms with van der Waals surface area (Å²) >= 11 is 3.57. The van der Waals surface area contributed by atoms with Crippen molar-refractivity contribution in [1.29, 1.82) is 0 Å². The van der Waals surface area contributed by atoms with Crippen LogP contribution in [0.3, 0.4) is 0 Å². The van der Waals surface area contributed by atoms with E-state index in [0.29, 0.717) is 23.9 Å². The van der Waals surface area contributed by atoms with Crippen LogP contribution in [0.4, 0.5) is 5.82 Å². The number of hydrogen-bond acceptors (Lipinski definition) is 5. The lowest BCUT2D eigenvalue weighted by molar-refractivity contribution is 0.282. The van der Waals surface area contributed by atoms with Crippen molar-refractivity contribution < 1.29 is 8.42 Å². The second-order valence-corrected chi connectivity index (χ2v) is 12.1. The Bertz CT molecular complexity index is 1480. The van der Waals surface area contributed by atoms with Crippen molar-refractivity contribution in [2.75, 3.05) is 25.0 Å². The standard InChI is InChI=1S/C27H30BrN5O2S/c1-3-20-8-10-22(11-9-20)36(34,35)32-14-12-21(13-15-32)17-29-26-16-25(23-7-5-4-6-19(23)2)31-27-24(28)18-30-33(26)27/h4-11,16,18,21,29H,3,12-15,17H2,1-2H3. The number of halogens is 1. The fraction of sp³-hybridized carbons (Fsp3) is 0.333. The van der Waals surface area contributed by atoms with E-state index in [1.165, 1.54) is 0 Å². The molecule has 2 aromatic heterocycles. The van der Waals surface area contributed by atoms with Gasteiger partial charge in [0.15, 0.2) is 5.65 Å². The molecule has 0 atom stereocenters. The number of aromatic nitrogens is 3. The zero-order valence-electron chi connectivity index (χ0n) is 20.5. The minimum absolute atomic E-state index is 0.364. The summed E-state index contributed by atoms with van der Waals surface area (Å²) in [6.45, 7) is 5.94. The molecule has 9 heteroatoms. The van der Waals surface area contributed by atoms with E-state index in [9.17, 15) is 8.42 Å². The normalized spacial score (nSPS) is 15.4. The zero-order chi connectivity index (χ0) is 25.3. The minimum atomic E-state index is -3.46. The maximum absolute atomic E-state index is 13.1. The van der Waals surface area contributed by atoms with Gasteiger partial charge in [-0.25, -0.2) is 13.4 Å². The molecule has 1 aliphatic rings. The number of fused-ring (bicyclic) bond motifs is 1. The van der Waals surface area contributed by atoms with Crippen molar-refractivity contribution >= 4 is 37.4 Å². The van der Waals surface area contributed by atoms with Gasteiger partial charge in [0.05, 0.1) is 21.3 Å². The van der Waals surface area contributed by atoms with Crippen LogP contribution in [-0.4, -0.2) is 47.0 Å². The molecule has 0 bridgehead atoms. The molecule has 0 spiro atoms. The van der Waals surface area contributed by atoms with Gasteiger partial charge in [-0.05, 0) is 71.3 Å². The number of hydrogen-bond donors (Lipinski definition) is 1. The number of nitrogens with zero attached hydrogens (tertiary/aromatic N) is 4. The first-order valence-corrected chi connectivity index (χ1v) is 14.5. The lowest BCUT2D eigenvalue weighted by Crippen LogP contribution is -2.39. The summed E-state index contributed by atoms with van der Waals surface area (Å²) in [7, 11) is -3.46. The number of sulfonamides is 1. The van der Waals surface area contributed by atoms with Crippen LogP contribution >= 0.6 is 15.9 Å². The summed E-state index contributed by atoms with van der Waals surface area (Å²) in [5.74, 6) is 1.23. The van der Waals surface area contributed by atoms with E-state index in [4.69, 9.17) is 4.98 Å². The Morgan fingerprint density at radius 3 is 2.50 bits per heavy atom. The monoisotopic (exact) mass is 567 g/mol. The molecule has 188 valence electrons. The van der Waals surface area contributed by atoms with E-state index < -0.39 is 10.0 Å². The molecule has 5 rings (SSSR count). The number of rotatable bonds is 7. The van der Waals surface area contributed by atoms with Crippen LogP contribution in [0, 0.1) is 12.8 Å². The molecule has 36 heavy (non-hydrogen) atoms. The van der Waals surface area contributed by atoms with Crippen LogP contribution in [0.2, 0.25) is 0 Å². The van der Waals surface area contributed by atoms with Gasteiger partial charge in [0.25, 0.3) is 0 Å². The third-order valence-electron chi connectivity index (χ3n) is 6.96. The van der Waals surface area contributed by atoms with Crippen molar-refractivity contribution in [3.05, 3.63) is 76.4 Å². The summed E-state index contributed by atoms with van der Waals surface area (Å²) in [6, 6.07) is 17.5. The fourth-order valence-corrected chi connectivity index (χ4v) is 6.53. The summed E-state index contributed by atoms with van der Waals surface area (Å²) in [5.41, 5.74) is 5.03. The summed E-state index contributed by atoms with van der Waals surface area (Å²) in [4.78, 5) is 5.22. The third kappa shape index (κ3) is 4.92. The molecule has 7 nitrogen and oxygen atoms in total. The highest BCUT2D eigenvalue weighted by molar-refractivity contribution is 9.10. The van der Waals surface area contributed by atoms with E-state index in [0.717, 1.165) is 64.1 Å². The van der Waals surface area contributed by atoms with E-state index in [1.54, 1.807) is 22.6 Å². The average molecular weight is 569 g/mol. The van der Waals surface area contributed by atoms with Crippen LogP contribution in [0.25, 0.3) is 16.9 Å². The quantitative estimate of drug-likeness (QED) is 0.317. The SMILES string of the molecule is CCc1ccc(S(=O)(=O)N2CCC(CNc3cc(-c4ccccc4C)nc4c(Br)cnn34)CC2)cc1. The van der Waals surface area contributed by atoms with Gasteiger partial charge in [0.2, 0.25) is 10.0 Å². The van der Waals surface area contributed by atoms with E-state index in [-0.39, 0.29) is 0 Å². The fourth-order valence-electron chi connectivity index (χ4n) is 4.71. The lowest BCUT2D eigenvalue weighted by Gasteiger charge is -2.31. The van der Waals surface area contributed by atoms with Crippen molar-refractivity contribution in [3.8, 4) is 11.3 Å². The highest BCUT2D eigenvalue weighted by atomic mass is 79.9. The summed E-state index contributed by atoms with van der Waals surface area (Å²) < 4.78 is 30.5. The van der Waals surface area contributed by atoms with Gasteiger partial charge in [-0.15, -0.1) is 0 Å². The zero-order valence-corrected chi connectivity index (χ0v) is 22.9. The first-order chi connectivity index (χ1) is 17.4. The lowest BCUT2D eigenvalue weighted by atomic mass is 9.98. The Kier molecular flexibility index (Phi) is 7.14. The summed E-state index contributed by atoms with van der Waals surface area (Å²) in [6.07, 6.45) is 4.26. The predicted octanol–water partition coefficient (Wildman–Crippen LogP) is 5.54. The summed E-state index contributed by atoms with van der Waals surface area (Å²) in [5, 5.41) is 8.06. The van der Waals surface area contributed by atoms with Crippen molar-refractivity contribution in [2.45, 2.75) is 38.0 Å². The second kappa shape index (κ2) is 10.3. The number of benzene rings is 2. The van der Waals surface area contributed by atoms with Gasteiger partial charge >= 0.3 is 0 Å². The number of aryl methyl sites for hydroxylation is 2. The third-order valence-corrected chi connectivity index (χ3v) is 9.44. The predicted molar refractivity (Wildman–Crippen MR) is 147 cm³/mol. The molecule has 1 fully saturated rings. The van der Waals surface area contributed by atoms with Gasteiger partial charge in [-0.1, -0.05) is 43.3 Å². The van der Waals surface area contributed by atoms with Crippen LogP contribution in [-0.2, 0) is 16.4 Å². The van der Waals surface area contributed by atoms with Crippen LogP contribution in [0.5, 0.6) is 0 Å². The molecule has 1 saturated heterocycles. The molecule has 0 radical (unpaired) electrons. The van der Waals surface area contributed by atoms with Crippen molar-refractivity contribution in [3.63, 3.8) is 0 Å². The average Bonchev–Trinajstić information content (AvgIpc) is 3.28. The molecular weight excluding hydrogens is 538 g/mol. The van der Waals surface area contributed by atoms with Gasteiger partial charge in [0.1, 0.15) is 5.82 Å². The van der Waals surface area contributed by atoms with E-state index in [2.05, 4.69) is 52.3 Å².